The molecule has 0 saturated heterocycles. The van der Waals surface area contributed by atoms with Gasteiger partial charge in [0.1, 0.15) is 6.61 Å². The number of fused-ring (bicyclic) bond motifs is 1. The molecule has 2 aliphatic rings. The first-order valence-corrected chi connectivity index (χ1v) is 8.58. The zero-order valence-electron chi connectivity index (χ0n) is 14.3. The number of hydrogen-bond acceptors (Lipinski definition) is 4. The van der Waals surface area contributed by atoms with E-state index in [9.17, 15) is 14.7 Å². The predicted molar refractivity (Wildman–Crippen MR) is 92.6 cm³/mol. The second-order valence-electron chi connectivity index (χ2n) is 6.67. The van der Waals surface area contributed by atoms with E-state index in [0.717, 1.165) is 24.8 Å². The van der Waals surface area contributed by atoms with Gasteiger partial charge in [0.05, 0.1) is 18.1 Å². The molecule has 0 bridgehead atoms. The number of para-hydroxylation sites is 1. The quantitative estimate of drug-likeness (QED) is 0.857. The van der Waals surface area contributed by atoms with Crippen molar-refractivity contribution in [3.8, 4) is 11.5 Å². The van der Waals surface area contributed by atoms with Gasteiger partial charge in [-0.15, -0.1) is 0 Å². The molecule has 1 aliphatic carbocycles. The third-order valence-corrected chi connectivity index (χ3v) is 5.07. The van der Waals surface area contributed by atoms with Crippen LogP contribution in [0.1, 0.15) is 37.7 Å². The Hall–Kier alpha value is -2.50. The summed E-state index contributed by atoms with van der Waals surface area (Å²) in [7, 11) is 1.57. The minimum atomic E-state index is -0.842. The Kier molecular flexibility index (Phi) is 4.97. The third kappa shape index (κ3) is 3.48. The molecular formula is C19H23NO5. The van der Waals surface area contributed by atoms with E-state index in [2.05, 4.69) is 5.32 Å². The maximum atomic E-state index is 12.5. The van der Waals surface area contributed by atoms with Crippen molar-refractivity contribution < 1.29 is 24.2 Å². The van der Waals surface area contributed by atoms with Crippen molar-refractivity contribution in [2.75, 3.05) is 20.3 Å². The second kappa shape index (κ2) is 7.17. The van der Waals surface area contributed by atoms with Crippen molar-refractivity contribution in [2.45, 2.75) is 32.1 Å². The number of carbonyl (C=O) groups is 2. The zero-order valence-corrected chi connectivity index (χ0v) is 14.3. The summed E-state index contributed by atoms with van der Waals surface area (Å²) < 4.78 is 10.9. The average molecular weight is 345 g/mol. The van der Waals surface area contributed by atoms with E-state index in [0.29, 0.717) is 29.9 Å². The molecule has 1 saturated carbocycles. The number of nitrogens with one attached hydrogen (secondary N) is 1. The van der Waals surface area contributed by atoms with E-state index in [4.69, 9.17) is 9.47 Å². The molecule has 0 unspecified atom stereocenters. The molecule has 0 spiro atoms. The van der Waals surface area contributed by atoms with Crippen LogP contribution in [0.3, 0.4) is 0 Å². The maximum absolute atomic E-state index is 12.5. The Morgan fingerprint density at radius 2 is 2.04 bits per heavy atom. The highest BCUT2D eigenvalue weighted by Crippen LogP contribution is 2.37. The number of ether oxygens (including phenoxy) is 2. The molecule has 1 fully saturated rings. The van der Waals surface area contributed by atoms with Gasteiger partial charge < -0.3 is 19.9 Å². The number of carboxylic acids is 1. The van der Waals surface area contributed by atoms with Gasteiger partial charge in [-0.1, -0.05) is 31.4 Å². The van der Waals surface area contributed by atoms with Crippen molar-refractivity contribution in [1.82, 2.24) is 5.32 Å². The van der Waals surface area contributed by atoms with E-state index in [1.165, 1.54) is 0 Å². The molecule has 1 heterocycles. The lowest BCUT2D eigenvalue weighted by atomic mass is 9.74. The molecule has 6 heteroatoms. The second-order valence-corrected chi connectivity index (χ2v) is 6.67. The minimum Gasteiger partial charge on any atom is -0.493 e. The minimum absolute atomic E-state index is 0.138. The standard InChI is InChI=1S/C19H23NO5/c1-24-15-7-5-6-13-10-14(11-25-16(13)15)17(21)20-12-19(18(22)23)8-3-2-4-9-19/h5-7,10H,2-4,8-9,11-12H2,1H3,(H,20,21)(H,22,23). The Morgan fingerprint density at radius 3 is 2.72 bits per heavy atom. The summed E-state index contributed by atoms with van der Waals surface area (Å²) in [5.74, 6) is 0.146. The van der Waals surface area contributed by atoms with Crippen LogP contribution in [0.4, 0.5) is 0 Å². The summed E-state index contributed by atoms with van der Waals surface area (Å²) in [6, 6.07) is 5.49. The number of rotatable bonds is 5. The lowest BCUT2D eigenvalue weighted by Crippen LogP contribution is -2.45. The fraction of sp³-hybridized carbons (Fsp3) is 0.474. The molecule has 0 aromatic heterocycles. The highest BCUT2D eigenvalue weighted by Gasteiger charge is 2.40. The summed E-state index contributed by atoms with van der Waals surface area (Å²) in [4.78, 5) is 24.2. The number of benzene rings is 1. The predicted octanol–water partition coefficient (Wildman–Crippen LogP) is 2.62. The van der Waals surface area contributed by atoms with Gasteiger partial charge in [-0.2, -0.15) is 0 Å². The monoisotopic (exact) mass is 345 g/mol. The molecule has 1 aliphatic heterocycles. The van der Waals surface area contributed by atoms with Crippen molar-refractivity contribution in [3.63, 3.8) is 0 Å². The largest absolute Gasteiger partial charge is 0.493 e. The first-order valence-electron chi connectivity index (χ1n) is 8.58. The van der Waals surface area contributed by atoms with Crippen LogP contribution in [0, 0.1) is 5.41 Å². The number of amides is 1. The number of methoxy groups -OCH3 is 1. The molecule has 3 rings (SSSR count). The molecule has 0 atom stereocenters. The lowest BCUT2D eigenvalue weighted by Gasteiger charge is -2.33. The van der Waals surface area contributed by atoms with Crippen LogP contribution in [-0.4, -0.2) is 37.2 Å². The molecule has 25 heavy (non-hydrogen) atoms. The van der Waals surface area contributed by atoms with E-state index >= 15 is 0 Å². The van der Waals surface area contributed by atoms with Crippen molar-refractivity contribution in [3.05, 3.63) is 29.3 Å². The van der Waals surface area contributed by atoms with E-state index in [-0.39, 0.29) is 19.1 Å². The van der Waals surface area contributed by atoms with Crippen LogP contribution >= 0.6 is 0 Å². The van der Waals surface area contributed by atoms with Gasteiger partial charge >= 0.3 is 5.97 Å². The zero-order chi connectivity index (χ0) is 17.9. The van der Waals surface area contributed by atoms with Gasteiger partial charge in [-0.3, -0.25) is 9.59 Å². The molecule has 2 N–H and O–H groups in total. The number of carboxylic acid groups (broad SMARTS) is 1. The molecule has 0 radical (unpaired) electrons. The van der Waals surface area contributed by atoms with Gasteiger partial charge in [0.2, 0.25) is 0 Å². The fourth-order valence-corrected chi connectivity index (χ4v) is 3.53. The molecule has 1 amide bonds. The third-order valence-electron chi connectivity index (χ3n) is 5.07. The van der Waals surface area contributed by atoms with E-state index in [1.807, 2.05) is 12.1 Å². The summed E-state index contributed by atoms with van der Waals surface area (Å²) in [5.41, 5.74) is 0.420. The molecule has 1 aromatic carbocycles. The van der Waals surface area contributed by atoms with Gasteiger partial charge in [-0.05, 0) is 25.0 Å². The van der Waals surface area contributed by atoms with Crippen molar-refractivity contribution in [1.29, 1.82) is 0 Å². The Balaban J connectivity index is 1.71. The Bertz CT molecular complexity index is 704. The topological polar surface area (TPSA) is 84.9 Å². The normalized spacial score (nSPS) is 18.4. The molecule has 1 aromatic rings. The van der Waals surface area contributed by atoms with Crippen LogP contribution in [-0.2, 0) is 9.59 Å². The van der Waals surface area contributed by atoms with Crippen LogP contribution in [0.25, 0.3) is 6.08 Å². The lowest BCUT2D eigenvalue weighted by molar-refractivity contribution is -0.150. The molecular weight excluding hydrogens is 322 g/mol. The summed E-state index contributed by atoms with van der Waals surface area (Å²) >= 11 is 0. The van der Waals surface area contributed by atoms with Crippen molar-refractivity contribution in [2.24, 2.45) is 5.41 Å². The SMILES string of the molecule is COc1cccc2c1OCC(C(=O)NCC1(C(=O)O)CCCCC1)=C2. The first-order chi connectivity index (χ1) is 12.1. The maximum Gasteiger partial charge on any atom is 0.311 e. The summed E-state index contributed by atoms with van der Waals surface area (Å²) in [5, 5.41) is 12.4. The van der Waals surface area contributed by atoms with E-state index < -0.39 is 11.4 Å². The fourth-order valence-electron chi connectivity index (χ4n) is 3.53. The van der Waals surface area contributed by atoms with Crippen molar-refractivity contribution >= 4 is 18.0 Å². The molecule has 134 valence electrons. The Morgan fingerprint density at radius 1 is 1.28 bits per heavy atom. The van der Waals surface area contributed by atoms with Crippen LogP contribution < -0.4 is 14.8 Å². The van der Waals surface area contributed by atoms with Crippen LogP contribution in [0.15, 0.2) is 23.8 Å². The van der Waals surface area contributed by atoms with Gasteiger partial charge in [0.15, 0.2) is 11.5 Å². The molecule has 6 nitrogen and oxygen atoms in total. The number of carbonyl (C=O) groups excluding carboxylic acids is 1. The van der Waals surface area contributed by atoms with Gasteiger partial charge in [0, 0.05) is 12.1 Å². The highest BCUT2D eigenvalue weighted by molar-refractivity contribution is 5.99. The number of aliphatic carboxylic acids is 1. The van der Waals surface area contributed by atoms with Crippen LogP contribution in [0.2, 0.25) is 0 Å². The van der Waals surface area contributed by atoms with Gasteiger partial charge in [-0.25, -0.2) is 0 Å². The Labute approximate surface area is 146 Å². The highest BCUT2D eigenvalue weighted by atomic mass is 16.5. The first kappa shape index (κ1) is 17.3. The smallest absolute Gasteiger partial charge is 0.311 e. The van der Waals surface area contributed by atoms with E-state index in [1.54, 1.807) is 19.3 Å². The van der Waals surface area contributed by atoms with Crippen LogP contribution in [0.5, 0.6) is 11.5 Å². The number of hydrogen-bond donors (Lipinski definition) is 2. The summed E-state index contributed by atoms with van der Waals surface area (Å²) in [6.07, 6.45) is 5.82. The average Bonchev–Trinajstić information content (AvgIpc) is 2.65. The summed E-state index contributed by atoms with van der Waals surface area (Å²) in [6.45, 7) is 0.294. The van der Waals surface area contributed by atoms with Gasteiger partial charge in [0.25, 0.3) is 5.91 Å².